The van der Waals surface area contributed by atoms with Gasteiger partial charge < -0.3 is 9.64 Å². The molecule has 0 saturated carbocycles. The van der Waals surface area contributed by atoms with E-state index in [2.05, 4.69) is 24.0 Å². The first-order chi connectivity index (χ1) is 12.6. The molecule has 1 amide bonds. The molecule has 1 aliphatic heterocycles. The Morgan fingerprint density at radius 3 is 2.42 bits per heavy atom. The monoisotopic (exact) mass is 372 g/mol. The third-order valence-electron chi connectivity index (χ3n) is 4.71. The van der Waals surface area contributed by atoms with Crippen molar-refractivity contribution in [3.8, 4) is 0 Å². The first-order valence-electron chi connectivity index (χ1n) is 9.04. The Morgan fingerprint density at radius 1 is 1.12 bits per heavy atom. The van der Waals surface area contributed by atoms with Crippen LogP contribution in [0.3, 0.4) is 0 Å². The Bertz CT molecular complexity index is 700. The lowest BCUT2D eigenvalue weighted by atomic mass is 10.1. The topological polar surface area (TPSA) is 32.8 Å². The van der Waals surface area contributed by atoms with Crippen LogP contribution in [0.15, 0.2) is 54.6 Å². The maximum Gasteiger partial charge on any atom is 0.254 e. The Balaban J connectivity index is 1.77. The molecule has 26 heavy (non-hydrogen) atoms. The molecule has 5 heteroatoms. The minimum atomic E-state index is 0.0336. The summed E-state index contributed by atoms with van der Waals surface area (Å²) in [5, 5.41) is 0.637. The van der Waals surface area contributed by atoms with Crippen LogP contribution in [-0.2, 0) is 11.3 Å². The van der Waals surface area contributed by atoms with Gasteiger partial charge in [-0.05, 0) is 36.8 Å². The number of morpholine rings is 1. The van der Waals surface area contributed by atoms with Crippen LogP contribution in [0.4, 0.5) is 0 Å². The summed E-state index contributed by atoms with van der Waals surface area (Å²) < 4.78 is 5.43. The van der Waals surface area contributed by atoms with Crippen molar-refractivity contribution in [2.75, 3.05) is 32.8 Å². The van der Waals surface area contributed by atoms with Gasteiger partial charge in [-0.3, -0.25) is 9.69 Å². The molecule has 1 aliphatic rings. The molecular weight excluding hydrogens is 348 g/mol. The summed E-state index contributed by atoms with van der Waals surface area (Å²) in [4.78, 5) is 17.5. The second-order valence-corrected chi connectivity index (χ2v) is 7.12. The lowest BCUT2D eigenvalue weighted by Crippen LogP contribution is -2.47. The summed E-state index contributed by atoms with van der Waals surface area (Å²) >= 11 is 5.97. The Morgan fingerprint density at radius 2 is 1.77 bits per heavy atom. The number of hydrogen-bond acceptors (Lipinski definition) is 3. The van der Waals surface area contributed by atoms with Crippen LogP contribution in [-0.4, -0.2) is 54.6 Å². The van der Waals surface area contributed by atoms with Gasteiger partial charge in [-0.15, -0.1) is 0 Å². The standard InChI is InChI=1S/C21H25ClN2O2/c1-17(15-23-11-13-26-14-12-23)24(16-18-5-3-2-4-6-18)21(25)19-7-9-20(22)10-8-19/h2-10,17H,11-16H2,1H3. The normalized spacial score (nSPS) is 16.2. The molecule has 1 heterocycles. The van der Waals surface area contributed by atoms with Crippen LogP contribution in [0.2, 0.25) is 5.02 Å². The van der Waals surface area contributed by atoms with Gasteiger partial charge in [0.2, 0.25) is 0 Å². The van der Waals surface area contributed by atoms with Gasteiger partial charge in [0.05, 0.1) is 13.2 Å². The molecular formula is C21H25ClN2O2. The van der Waals surface area contributed by atoms with Crippen molar-refractivity contribution in [3.63, 3.8) is 0 Å². The predicted molar refractivity (Wildman–Crippen MR) is 104 cm³/mol. The number of amides is 1. The third kappa shape index (κ3) is 5.07. The summed E-state index contributed by atoms with van der Waals surface area (Å²) in [6.07, 6.45) is 0. The first kappa shape index (κ1) is 18.9. The second kappa shape index (κ2) is 9.17. The summed E-state index contributed by atoms with van der Waals surface area (Å²) in [6, 6.07) is 17.3. The summed E-state index contributed by atoms with van der Waals surface area (Å²) in [6.45, 7) is 6.90. The quantitative estimate of drug-likeness (QED) is 0.775. The maximum atomic E-state index is 13.2. The van der Waals surface area contributed by atoms with Gasteiger partial charge >= 0.3 is 0 Å². The van der Waals surface area contributed by atoms with Crippen LogP contribution in [0.5, 0.6) is 0 Å². The number of ether oxygens (including phenoxy) is 1. The molecule has 2 aromatic carbocycles. The van der Waals surface area contributed by atoms with Crippen LogP contribution in [0, 0.1) is 0 Å². The molecule has 3 rings (SSSR count). The zero-order chi connectivity index (χ0) is 18.4. The van der Waals surface area contributed by atoms with Gasteiger partial charge in [-0.2, -0.15) is 0 Å². The lowest BCUT2D eigenvalue weighted by Gasteiger charge is -2.35. The van der Waals surface area contributed by atoms with Crippen molar-refractivity contribution in [1.29, 1.82) is 0 Å². The third-order valence-corrected chi connectivity index (χ3v) is 4.96. The molecule has 138 valence electrons. The number of carbonyl (C=O) groups excluding carboxylic acids is 1. The summed E-state index contributed by atoms with van der Waals surface area (Å²) in [5.41, 5.74) is 1.79. The van der Waals surface area contributed by atoms with Crippen LogP contribution in [0.1, 0.15) is 22.8 Å². The number of carbonyl (C=O) groups is 1. The summed E-state index contributed by atoms with van der Waals surface area (Å²) in [5.74, 6) is 0.0336. The zero-order valence-corrected chi connectivity index (χ0v) is 15.9. The molecule has 0 spiro atoms. The van der Waals surface area contributed by atoms with Gasteiger partial charge in [0.1, 0.15) is 0 Å². The van der Waals surface area contributed by atoms with Crippen molar-refractivity contribution in [1.82, 2.24) is 9.80 Å². The van der Waals surface area contributed by atoms with E-state index in [1.54, 1.807) is 24.3 Å². The van der Waals surface area contributed by atoms with Crippen molar-refractivity contribution >= 4 is 17.5 Å². The van der Waals surface area contributed by atoms with Gasteiger partial charge in [-0.1, -0.05) is 41.9 Å². The van der Waals surface area contributed by atoms with Crippen LogP contribution in [0.25, 0.3) is 0 Å². The minimum Gasteiger partial charge on any atom is -0.379 e. The highest BCUT2D eigenvalue weighted by molar-refractivity contribution is 6.30. The van der Waals surface area contributed by atoms with Crippen molar-refractivity contribution < 1.29 is 9.53 Å². The molecule has 0 aromatic heterocycles. The van der Waals surface area contributed by atoms with Gasteiger partial charge in [0, 0.05) is 42.8 Å². The van der Waals surface area contributed by atoms with E-state index >= 15 is 0 Å². The van der Waals surface area contributed by atoms with Gasteiger partial charge in [0.25, 0.3) is 5.91 Å². The van der Waals surface area contributed by atoms with Crippen molar-refractivity contribution in [2.24, 2.45) is 0 Å². The Labute approximate surface area is 160 Å². The van der Waals surface area contributed by atoms with Crippen molar-refractivity contribution in [3.05, 3.63) is 70.7 Å². The van der Waals surface area contributed by atoms with Crippen LogP contribution >= 0.6 is 11.6 Å². The highest BCUT2D eigenvalue weighted by Crippen LogP contribution is 2.17. The Hall–Kier alpha value is -1.88. The van der Waals surface area contributed by atoms with E-state index in [1.807, 2.05) is 23.1 Å². The number of rotatable bonds is 6. The zero-order valence-electron chi connectivity index (χ0n) is 15.1. The van der Waals surface area contributed by atoms with E-state index in [0.29, 0.717) is 17.1 Å². The molecule has 2 aromatic rings. The number of hydrogen-bond donors (Lipinski definition) is 0. The molecule has 1 saturated heterocycles. The Kier molecular flexibility index (Phi) is 6.67. The molecule has 0 radical (unpaired) electrons. The van der Waals surface area contributed by atoms with E-state index < -0.39 is 0 Å². The average molecular weight is 373 g/mol. The first-order valence-corrected chi connectivity index (χ1v) is 9.42. The largest absolute Gasteiger partial charge is 0.379 e. The molecule has 4 nitrogen and oxygen atoms in total. The van der Waals surface area contributed by atoms with E-state index in [1.165, 1.54) is 0 Å². The smallest absolute Gasteiger partial charge is 0.254 e. The van der Waals surface area contributed by atoms with Gasteiger partial charge in [-0.25, -0.2) is 0 Å². The highest BCUT2D eigenvalue weighted by Gasteiger charge is 2.24. The lowest BCUT2D eigenvalue weighted by molar-refractivity contribution is 0.0228. The second-order valence-electron chi connectivity index (χ2n) is 6.69. The van der Waals surface area contributed by atoms with E-state index in [-0.39, 0.29) is 11.9 Å². The SMILES string of the molecule is CC(CN1CCOCC1)N(Cc1ccccc1)C(=O)c1ccc(Cl)cc1. The van der Waals surface area contributed by atoms with E-state index in [9.17, 15) is 4.79 Å². The molecule has 0 N–H and O–H groups in total. The number of benzene rings is 2. The summed E-state index contributed by atoms with van der Waals surface area (Å²) in [7, 11) is 0. The molecule has 1 unspecified atom stereocenters. The molecule has 1 atom stereocenters. The van der Waals surface area contributed by atoms with Crippen LogP contribution < -0.4 is 0 Å². The fraction of sp³-hybridized carbons (Fsp3) is 0.381. The molecule has 0 bridgehead atoms. The molecule has 0 aliphatic carbocycles. The van der Waals surface area contributed by atoms with Gasteiger partial charge in [0.15, 0.2) is 0 Å². The van der Waals surface area contributed by atoms with E-state index in [0.717, 1.165) is 38.4 Å². The molecule has 1 fully saturated rings. The minimum absolute atomic E-state index is 0.0336. The fourth-order valence-electron chi connectivity index (χ4n) is 3.22. The van der Waals surface area contributed by atoms with E-state index in [4.69, 9.17) is 16.3 Å². The fourth-order valence-corrected chi connectivity index (χ4v) is 3.35. The average Bonchev–Trinajstić information content (AvgIpc) is 2.68. The predicted octanol–water partition coefficient (Wildman–Crippen LogP) is 3.70. The maximum absolute atomic E-state index is 13.2. The highest BCUT2D eigenvalue weighted by atomic mass is 35.5. The number of nitrogens with zero attached hydrogens (tertiary/aromatic N) is 2. The number of halogens is 1. The van der Waals surface area contributed by atoms with Crippen molar-refractivity contribution in [2.45, 2.75) is 19.5 Å².